The number of methoxy groups -OCH3 is 2. The standard InChI is InChI=1S/C16H20N2O7S/c1-23-15(19)11-14(16(20)24-2)17-12-4-3-5-13(10-12)26(21,22)18-6-8-25-9-7-18/h3-5,10-11,17H,6-9H2,1-2H3/b14-11+. The highest BCUT2D eigenvalue weighted by Crippen LogP contribution is 2.21. The van der Waals surface area contributed by atoms with Gasteiger partial charge in [-0.2, -0.15) is 4.31 Å². The molecule has 1 N–H and O–H groups in total. The molecule has 10 heteroatoms. The van der Waals surface area contributed by atoms with Crippen molar-refractivity contribution in [3.63, 3.8) is 0 Å². The average molecular weight is 384 g/mol. The maximum Gasteiger partial charge on any atom is 0.354 e. The predicted molar refractivity (Wildman–Crippen MR) is 91.8 cm³/mol. The third-order valence-electron chi connectivity index (χ3n) is 3.59. The lowest BCUT2D eigenvalue weighted by Crippen LogP contribution is -2.40. The fraction of sp³-hybridized carbons (Fsp3) is 0.375. The van der Waals surface area contributed by atoms with Gasteiger partial charge in [-0.15, -0.1) is 0 Å². The highest BCUT2D eigenvalue weighted by atomic mass is 32.2. The zero-order valence-corrected chi connectivity index (χ0v) is 15.2. The molecule has 2 rings (SSSR count). The number of nitrogens with zero attached hydrogens (tertiary/aromatic N) is 1. The van der Waals surface area contributed by atoms with Gasteiger partial charge in [-0.05, 0) is 18.2 Å². The van der Waals surface area contributed by atoms with Crippen molar-refractivity contribution in [1.29, 1.82) is 0 Å². The Balaban J connectivity index is 2.28. The van der Waals surface area contributed by atoms with E-state index in [0.29, 0.717) is 18.9 Å². The quantitative estimate of drug-likeness (QED) is 0.552. The van der Waals surface area contributed by atoms with Gasteiger partial charge in [-0.3, -0.25) is 0 Å². The maximum atomic E-state index is 12.7. The second-order valence-electron chi connectivity index (χ2n) is 5.24. The number of esters is 2. The Morgan fingerprint density at radius 1 is 1.19 bits per heavy atom. The fourth-order valence-electron chi connectivity index (χ4n) is 2.26. The van der Waals surface area contributed by atoms with Crippen LogP contribution in [0.2, 0.25) is 0 Å². The van der Waals surface area contributed by atoms with Crippen molar-refractivity contribution in [3.05, 3.63) is 36.0 Å². The monoisotopic (exact) mass is 384 g/mol. The van der Waals surface area contributed by atoms with Gasteiger partial charge in [0.25, 0.3) is 0 Å². The number of anilines is 1. The van der Waals surface area contributed by atoms with Crippen molar-refractivity contribution < 1.29 is 32.2 Å². The van der Waals surface area contributed by atoms with Crippen LogP contribution < -0.4 is 5.32 Å². The number of ether oxygens (including phenoxy) is 3. The van der Waals surface area contributed by atoms with Gasteiger partial charge in [0, 0.05) is 18.8 Å². The lowest BCUT2D eigenvalue weighted by atomic mass is 10.3. The van der Waals surface area contributed by atoms with Crippen molar-refractivity contribution in [1.82, 2.24) is 4.31 Å². The van der Waals surface area contributed by atoms with Gasteiger partial charge in [-0.25, -0.2) is 18.0 Å². The molecule has 0 saturated carbocycles. The molecule has 1 aromatic rings. The van der Waals surface area contributed by atoms with Gasteiger partial charge in [0.2, 0.25) is 10.0 Å². The minimum atomic E-state index is -3.69. The summed E-state index contributed by atoms with van der Waals surface area (Å²) in [4.78, 5) is 23.3. The topological polar surface area (TPSA) is 111 Å². The molecule has 0 atom stereocenters. The van der Waals surface area contributed by atoms with E-state index in [1.165, 1.54) is 29.6 Å². The molecule has 1 saturated heterocycles. The second-order valence-corrected chi connectivity index (χ2v) is 7.18. The highest BCUT2D eigenvalue weighted by Gasteiger charge is 2.26. The van der Waals surface area contributed by atoms with Crippen LogP contribution in [0.15, 0.2) is 40.9 Å². The largest absolute Gasteiger partial charge is 0.466 e. The normalized spacial score (nSPS) is 16.0. The Morgan fingerprint density at radius 2 is 1.88 bits per heavy atom. The fourth-order valence-corrected chi connectivity index (χ4v) is 3.71. The van der Waals surface area contributed by atoms with Gasteiger partial charge >= 0.3 is 11.9 Å². The molecule has 0 aromatic heterocycles. The molecule has 26 heavy (non-hydrogen) atoms. The molecular weight excluding hydrogens is 364 g/mol. The van der Waals surface area contributed by atoms with Crippen LogP contribution in [0, 0.1) is 0 Å². The number of nitrogens with one attached hydrogen (secondary N) is 1. The molecule has 0 radical (unpaired) electrons. The number of carbonyl (C=O) groups excluding carboxylic acids is 2. The van der Waals surface area contributed by atoms with Crippen LogP contribution in [0.3, 0.4) is 0 Å². The predicted octanol–water partition coefficient (Wildman–Crippen LogP) is 0.349. The Hall–Kier alpha value is -2.43. The first-order valence-corrected chi connectivity index (χ1v) is 9.15. The van der Waals surface area contributed by atoms with Crippen LogP contribution in [0.4, 0.5) is 5.69 Å². The lowest BCUT2D eigenvalue weighted by Gasteiger charge is -2.26. The molecule has 0 amide bonds. The summed E-state index contributed by atoms with van der Waals surface area (Å²) in [6, 6.07) is 5.92. The molecule has 1 fully saturated rings. The molecule has 0 bridgehead atoms. The van der Waals surface area contributed by atoms with E-state index >= 15 is 0 Å². The number of sulfonamides is 1. The zero-order chi connectivity index (χ0) is 19.2. The minimum Gasteiger partial charge on any atom is -0.466 e. The third kappa shape index (κ3) is 4.81. The van der Waals surface area contributed by atoms with Gasteiger partial charge in [-0.1, -0.05) is 6.07 Å². The number of hydrogen-bond donors (Lipinski definition) is 1. The SMILES string of the molecule is COC(=O)/C=C(/Nc1cccc(S(=O)(=O)N2CCOCC2)c1)C(=O)OC. The van der Waals surface area contributed by atoms with E-state index in [2.05, 4.69) is 14.8 Å². The number of rotatable bonds is 6. The molecule has 1 aromatic carbocycles. The first-order valence-electron chi connectivity index (χ1n) is 7.71. The molecule has 1 aliphatic rings. The first-order chi connectivity index (χ1) is 12.4. The Kier molecular flexibility index (Phi) is 6.72. The van der Waals surface area contributed by atoms with Gasteiger partial charge in [0.05, 0.1) is 38.4 Å². The molecule has 142 valence electrons. The summed E-state index contributed by atoms with van der Waals surface area (Å²) in [6.45, 7) is 1.22. The molecule has 0 unspecified atom stereocenters. The number of benzene rings is 1. The lowest BCUT2D eigenvalue weighted by molar-refractivity contribution is -0.138. The van der Waals surface area contributed by atoms with Crippen molar-refractivity contribution in [2.45, 2.75) is 4.90 Å². The van der Waals surface area contributed by atoms with Gasteiger partial charge in [0.15, 0.2) is 0 Å². The Bertz CT molecular complexity index is 799. The molecule has 1 aliphatic heterocycles. The molecule has 1 heterocycles. The summed E-state index contributed by atoms with van der Waals surface area (Å²) in [5.74, 6) is -1.55. The third-order valence-corrected chi connectivity index (χ3v) is 5.48. The summed E-state index contributed by atoms with van der Waals surface area (Å²) < 4.78 is 41.0. The summed E-state index contributed by atoms with van der Waals surface area (Å²) in [5.41, 5.74) is 0.125. The van der Waals surface area contributed by atoms with Crippen LogP contribution >= 0.6 is 0 Å². The van der Waals surface area contributed by atoms with Crippen molar-refractivity contribution in [2.75, 3.05) is 45.8 Å². The van der Waals surface area contributed by atoms with Crippen LogP contribution in [0.5, 0.6) is 0 Å². The molecular formula is C16H20N2O7S. The Labute approximate surface area is 151 Å². The van der Waals surface area contributed by atoms with E-state index in [0.717, 1.165) is 13.2 Å². The van der Waals surface area contributed by atoms with Gasteiger partial charge < -0.3 is 19.5 Å². The van der Waals surface area contributed by atoms with E-state index in [-0.39, 0.29) is 23.7 Å². The van der Waals surface area contributed by atoms with E-state index in [4.69, 9.17) is 4.74 Å². The van der Waals surface area contributed by atoms with E-state index in [1.807, 2.05) is 0 Å². The first kappa shape index (κ1) is 19.9. The summed E-state index contributed by atoms with van der Waals surface area (Å²) in [5, 5.41) is 2.69. The van der Waals surface area contributed by atoms with Crippen LogP contribution in [-0.4, -0.2) is 65.2 Å². The zero-order valence-electron chi connectivity index (χ0n) is 14.4. The smallest absolute Gasteiger partial charge is 0.354 e. The van der Waals surface area contributed by atoms with Crippen molar-refractivity contribution in [2.24, 2.45) is 0 Å². The number of hydrogen-bond acceptors (Lipinski definition) is 8. The summed E-state index contributed by atoms with van der Waals surface area (Å²) in [6.07, 6.45) is 0.926. The minimum absolute atomic E-state index is 0.0617. The highest BCUT2D eigenvalue weighted by molar-refractivity contribution is 7.89. The van der Waals surface area contributed by atoms with Crippen molar-refractivity contribution in [3.8, 4) is 0 Å². The van der Waals surface area contributed by atoms with E-state index < -0.39 is 22.0 Å². The number of morpholine rings is 1. The maximum absolute atomic E-state index is 12.7. The summed E-state index contributed by atoms with van der Waals surface area (Å²) >= 11 is 0. The molecule has 9 nitrogen and oxygen atoms in total. The summed E-state index contributed by atoms with van der Waals surface area (Å²) in [7, 11) is -1.36. The Morgan fingerprint density at radius 3 is 2.50 bits per heavy atom. The molecule has 0 aliphatic carbocycles. The van der Waals surface area contributed by atoms with E-state index in [9.17, 15) is 18.0 Å². The molecule has 0 spiro atoms. The van der Waals surface area contributed by atoms with Crippen LogP contribution in [-0.2, 0) is 33.8 Å². The van der Waals surface area contributed by atoms with Crippen LogP contribution in [0.1, 0.15) is 0 Å². The second kappa shape index (κ2) is 8.79. The van der Waals surface area contributed by atoms with Crippen molar-refractivity contribution >= 4 is 27.6 Å². The van der Waals surface area contributed by atoms with Crippen LogP contribution in [0.25, 0.3) is 0 Å². The number of carbonyl (C=O) groups is 2. The van der Waals surface area contributed by atoms with Gasteiger partial charge in [0.1, 0.15) is 5.70 Å². The average Bonchev–Trinajstić information content (AvgIpc) is 2.67. The van der Waals surface area contributed by atoms with E-state index in [1.54, 1.807) is 6.07 Å².